The second-order valence-electron chi connectivity index (χ2n) is 6.17. The van der Waals surface area contributed by atoms with Crippen molar-refractivity contribution in [3.63, 3.8) is 0 Å². The van der Waals surface area contributed by atoms with Crippen molar-refractivity contribution in [1.82, 2.24) is 4.98 Å². The standard InChI is InChI=1S/C20H21F3N2S/c1-2-26-25-19-13-24-18-11-8-15(12-17(18)19)5-3-4-14-6-9-16(10-7-14)20(21,22)23/h6-13,24-25H,2-5H2,1H3. The van der Waals surface area contributed by atoms with Crippen LogP contribution in [-0.2, 0) is 19.0 Å². The van der Waals surface area contributed by atoms with Crippen molar-refractivity contribution < 1.29 is 13.2 Å². The Labute approximate surface area is 155 Å². The molecule has 3 aromatic rings. The van der Waals surface area contributed by atoms with Gasteiger partial charge in [-0.05, 0) is 54.7 Å². The van der Waals surface area contributed by atoms with Gasteiger partial charge in [-0.25, -0.2) is 0 Å². The molecule has 6 heteroatoms. The number of alkyl halides is 3. The Morgan fingerprint density at radius 1 is 1.00 bits per heavy atom. The van der Waals surface area contributed by atoms with E-state index in [1.54, 1.807) is 24.1 Å². The highest BCUT2D eigenvalue weighted by atomic mass is 32.2. The van der Waals surface area contributed by atoms with Crippen LogP contribution < -0.4 is 4.72 Å². The topological polar surface area (TPSA) is 27.8 Å². The molecule has 1 aromatic heterocycles. The van der Waals surface area contributed by atoms with Crippen LogP contribution in [0.3, 0.4) is 0 Å². The van der Waals surface area contributed by atoms with Gasteiger partial charge in [0.25, 0.3) is 0 Å². The predicted molar refractivity (Wildman–Crippen MR) is 104 cm³/mol. The fourth-order valence-electron chi connectivity index (χ4n) is 2.91. The number of fused-ring (bicyclic) bond motifs is 1. The second kappa shape index (κ2) is 8.08. The zero-order valence-corrected chi connectivity index (χ0v) is 15.3. The first-order chi connectivity index (χ1) is 12.5. The maximum atomic E-state index is 12.6. The van der Waals surface area contributed by atoms with Gasteiger partial charge < -0.3 is 9.71 Å². The van der Waals surface area contributed by atoms with E-state index in [1.807, 2.05) is 6.20 Å². The number of hydrogen-bond donors (Lipinski definition) is 2. The molecule has 3 rings (SSSR count). The molecule has 0 aliphatic rings. The van der Waals surface area contributed by atoms with Gasteiger partial charge in [0.2, 0.25) is 0 Å². The first-order valence-corrected chi connectivity index (χ1v) is 9.60. The van der Waals surface area contributed by atoms with Gasteiger partial charge in [0, 0.05) is 22.9 Å². The molecular weight excluding hydrogens is 357 g/mol. The maximum Gasteiger partial charge on any atom is 0.416 e. The van der Waals surface area contributed by atoms with Crippen LogP contribution in [0.5, 0.6) is 0 Å². The number of aromatic nitrogens is 1. The Balaban J connectivity index is 1.61. The van der Waals surface area contributed by atoms with Gasteiger partial charge >= 0.3 is 6.18 Å². The summed E-state index contributed by atoms with van der Waals surface area (Å²) < 4.78 is 41.1. The molecule has 26 heavy (non-hydrogen) atoms. The molecule has 138 valence electrons. The van der Waals surface area contributed by atoms with Crippen molar-refractivity contribution in [2.24, 2.45) is 0 Å². The number of anilines is 1. The second-order valence-corrected chi connectivity index (χ2v) is 7.24. The lowest BCUT2D eigenvalue weighted by Crippen LogP contribution is -2.04. The molecule has 2 N–H and O–H groups in total. The van der Waals surface area contributed by atoms with Crippen LogP contribution in [0.2, 0.25) is 0 Å². The van der Waals surface area contributed by atoms with Crippen LogP contribution in [0.15, 0.2) is 48.7 Å². The summed E-state index contributed by atoms with van der Waals surface area (Å²) in [6.07, 6.45) is 0.252. The van der Waals surface area contributed by atoms with Crippen molar-refractivity contribution in [2.75, 3.05) is 10.5 Å². The molecule has 0 saturated carbocycles. The highest BCUT2D eigenvalue weighted by molar-refractivity contribution is 8.00. The van der Waals surface area contributed by atoms with Crippen LogP contribution in [-0.4, -0.2) is 10.7 Å². The molecule has 0 bridgehead atoms. The van der Waals surface area contributed by atoms with Gasteiger partial charge in [0.1, 0.15) is 0 Å². The zero-order valence-electron chi connectivity index (χ0n) is 14.5. The molecule has 0 aliphatic carbocycles. The summed E-state index contributed by atoms with van der Waals surface area (Å²) in [6.45, 7) is 2.10. The van der Waals surface area contributed by atoms with Crippen LogP contribution >= 0.6 is 11.9 Å². The van der Waals surface area contributed by atoms with E-state index in [1.165, 1.54) is 5.56 Å². The number of aromatic amines is 1. The summed E-state index contributed by atoms with van der Waals surface area (Å²) in [7, 11) is 0. The summed E-state index contributed by atoms with van der Waals surface area (Å²) in [5.74, 6) is 0.986. The highest BCUT2D eigenvalue weighted by Crippen LogP contribution is 2.29. The summed E-state index contributed by atoms with van der Waals surface area (Å²) in [5, 5.41) is 1.16. The van der Waals surface area contributed by atoms with E-state index >= 15 is 0 Å². The number of H-pyrrole nitrogens is 1. The predicted octanol–water partition coefficient (Wildman–Crippen LogP) is 6.44. The molecule has 1 heterocycles. The fourth-order valence-corrected chi connectivity index (χ4v) is 3.38. The third-order valence-corrected chi connectivity index (χ3v) is 4.94. The van der Waals surface area contributed by atoms with Gasteiger partial charge in [-0.3, -0.25) is 0 Å². The lowest BCUT2D eigenvalue weighted by Gasteiger charge is -2.08. The molecule has 0 saturated heterocycles. The molecule has 0 atom stereocenters. The van der Waals surface area contributed by atoms with Crippen molar-refractivity contribution in [3.8, 4) is 0 Å². The molecule has 2 aromatic carbocycles. The van der Waals surface area contributed by atoms with Gasteiger partial charge in [0.15, 0.2) is 0 Å². The average molecular weight is 378 g/mol. The third-order valence-electron chi connectivity index (χ3n) is 4.28. The van der Waals surface area contributed by atoms with E-state index in [0.717, 1.165) is 59.3 Å². The van der Waals surface area contributed by atoms with Crippen LogP contribution in [0.1, 0.15) is 30.0 Å². The van der Waals surface area contributed by atoms with E-state index < -0.39 is 11.7 Å². The number of rotatable bonds is 7. The van der Waals surface area contributed by atoms with Gasteiger partial charge in [-0.15, -0.1) is 0 Å². The van der Waals surface area contributed by atoms with E-state index in [-0.39, 0.29) is 0 Å². The van der Waals surface area contributed by atoms with Crippen LogP contribution in [0.4, 0.5) is 18.9 Å². The van der Waals surface area contributed by atoms with Crippen LogP contribution in [0.25, 0.3) is 10.9 Å². The molecule has 0 aliphatic heterocycles. The van der Waals surface area contributed by atoms with E-state index in [9.17, 15) is 13.2 Å². The first-order valence-electron chi connectivity index (χ1n) is 8.61. The number of hydrogen-bond acceptors (Lipinski definition) is 2. The third kappa shape index (κ3) is 4.55. The van der Waals surface area contributed by atoms with Crippen molar-refractivity contribution in [3.05, 3.63) is 65.4 Å². The maximum absolute atomic E-state index is 12.6. The molecule has 0 amide bonds. The molecular formula is C20H21F3N2S. The van der Waals surface area contributed by atoms with E-state index in [0.29, 0.717) is 0 Å². The van der Waals surface area contributed by atoms with E-state index in [4.69, 9.17) is 0 Å². The SMILES string of the molecule is CCSNc1c[nH]c2ccc(CCCc3ccc(C(F)(F)F)cc3)cc12. The monoisotopic (exact) mass is 378 g/mol. The Kier molecular flexibility index (Phi) is 5.81. The van der Waals surface area contributed by atoms with Crippen LogP contribution in [0, 0.1) is 0 Å². The Morgan fingerprint density at radius 2 is 1.69 bits per heavy atom. The number of halogens is 3. The van der Waals surface area contributed by atoms with Crippen molar-refractivity contribution >= 4 is 28.5 Å². The smallest absolute Gasteiger partial charge is 0.359 e. The highest BCUT2D eigenvalue weighted by Gasteiger charge is 2.29. The normalized spacial score (nSPS) is 11.8. The largest absolute Gasteiger partial charge is 0.416 e. The van der Waals surface area contributed by atoms with Crippen molar-refractivity contribution in [1.29, 1.82) is 0 Å². The molecule has 0 fully saturated rings. The summed E-state index contributed by atoms with van der Waals surface area (Å²) in [6, 6.07) is 11.8. The van der Waals surface area contributed by atoms with E-state index in [2.05, 4.69) is 34.8 Å². The first kappa shape index (κ1) is 18.7. The minimum Gasteiger partial charge on any atom is -0.359 e. The molecule has 2 nitrogen and oxygen atoms in total. The van der Waals surface area contributed by atoms with Gasteiger partial charge in [-0.2, -0.15) is 13.2 Å². The number of nitrogens with one attached hydrogen (secondary N) is 2. The summed E-state index contributed by atoms with van der Waals surface area (Å²) in [5.41, 5.74) is 3.74. The zero-order chi connectivity index (χ0) is 18.6. The minimum atomic E-state index is -4.27. The van der Waals surface area contributed by atoms with Gasteiger partial charge in [-0.1, -0.05) is 37.1 Å². The van der Waals surface area contributed by atoms with Crippen molar-refractivity contribution in [2.45, 2.75) is 32.4 Å². The number of aryl methyl sites for hydroxylation is 2. The quantitative estimate of drug-likeness (QED) is 0.463. The Morgan fingerprint density at radius 3 is 2.38 bits per heavy atom. The molecule has 0 radical (unpaired) electrons. The van der Waals surface area contributed by atoms with Gasteiger partial charge in [0.05, 0.1) is 11.3 Å². The number of benzene rings is 2. The molecule has 0 spiro atoms. The average Bonchev–Trinajstić information content (AvgIpc) is 3.02. The molecule has 0 unspecified atom stereocenters. The fraction of sp³-hybridized carbons (Fsp3) is 0.300. The Hall–Kier alpha value is -2.08. The Bertz CT molecular complexity index is 854. The lowest BCUT2D eigenvalue weighted by atomic mass is 10.0. The lowest BCUT2D eigenvalue weighted by molar-refractivity contribution is -0.137. The summed E-state index contributed by atoms with van der Waals surface area (Å²) in [4.78, 5) is 3.26. The summed E-state index contributed by atoms with van der Waals surface area (Å²) >= 11 is 1.65. The minimum absolute atomic E-state index is 0.593.